The average molecular weight is 468 g/mol. The van der Waals surface area contributed by atoms with Gasteiger partial charge in [0.2, 0.25) is 0 Å². The molecule has 3 aromatic carbocycles. The molecule has 0 fully saturated rings. The highest BCUT2D eigenvalue weighted by Crippen LogP contribution is 2.44. The first-order chi connectivity index (χ1) is 15.1. The maximum atomic E-state index is 13.8. The van der Waals surface area contributed by atoms with Crippen LogP contribution in [0.5, 0.6) is 0 Å². The Morgan fingerprint density at radius 3 is 1.88 bits per heavy atom. The van der Waals surface area contributed by atoms with Crippen LogP contribution in [0.3, 0.4) is 0 Å². The summed E-state index contributed by atoms with van der Waals surface area (Å²) in [4.78, 5) is 0.315. The van der Waals surface area contributed by atoms with E-state index in [1.165, 1.54) is 4.31 Å². The van der Waals surface area contributed by atoms with Gasteiger partial charge in [-0.2, -0.15) is 0 Å². The van der Waals surface area contributed by atoms with Gasteiger partial charge in [-0.1, -0.05) is 59.7 Å². The van der Waals surface area contributed by atoms with Crippen LogP contribution in [0.4, 0.5) is 5.69 Å². The van der Waals surface area contributed by atoms with Crippen molar-refractivity contribution in [2.24, 2.45) is 0 Å². The molecule has 0 saturated carbocycles. The van der Waals surface area contributed by atoms with Gasteiger partial charge in [-0.05, 0) is 56.7 Å². The molecular weight excluding hydrogens is 442 g/mol. The van der Waals surface area contributed by atoms with Gasteiger partial charge >= 0.3 is 0 Å². The Labute approximate surface area is 190 Å². The van der Waals surface area contributed by atoms with E-state index in [0.717, 1.165) is 16.7 Å². The number of fused-ring (bicyclic) bond motifs is 1. The molecule has 0 saturated heterocycles. The summed E-state index contributed by atoms with van der Waals surface area (Å²) in [6.45, 7) is 5.58. The molecule has 0 aliphatic carbocycles. The molecule has 0 bridgehead atoms. The second kappa shape index (κ2) is 8.22. The van der Waals surface area contributed by atoms with Crippen LogP contribution in [0.2, 0.25) is 0 Å². The van der Waals surface area contributed by atoms with Crippen molar-refractivity contribution in [2.75, 3.05) is 10.1 Å². The topological polar surface area (TPSA) is 71.5 Å². The third-order valence-electron chi connectivity index (χ3n) is 5.74. The number of sulfonamides is 1. The Balaban J connectivity index is 1.85. The van der Waals surface area contributed by atoms with Crippen LogP contribution in [0.15, 0.2) is 88.7 Å². The number of allylic oxidation sites excluding steroid dienone is 1. The fraction of sp³-hybridized carbons (Fsp3) is 0.200. The van der Waals surface area contributed by atoms with E-state index in [1.54, 1.807) is 73.7 Å². The molecule has 4 rings (SSSR count). The van der Waals surface area contributed by atoms with E-state index in [4.69, 9.17) is 0 Å². The number of anilines is 1. The molecule has 0 amide bonds. The number of hydrogen-bond donors (Lipinski definition) is 0. The molecule has 3 aromatic rings. The lowest BCUT2D eigenvalue weighted by atomic mass is 10.0. The minimum absolute atomic E-state index is 0.132. The van der Waals surface area contributed by atoms with Gasteiger partial charge in [-0.3, -0.25) is 4.31 Å². The number of rotatable bonds is 5. The summed E-state index contributed by atoms with van der Waals surface area (Å²) in [5.41, 5.74) is 3.81. The van der Waals surface area contributed by atoms with Gasteiger partial charge in [0.05, 0.1) is 27.3 Å². The van der Waals surface area contributed by atoms with Crippen molar-refractivity contribution in [1.82, 2.24) is 0 Å². The molecule has 7 heteroatoms. The van der Waals surface area contributed by atoms with E-state index in [2.05, 4.69) is 0 Å². The lowest BCUT2D eigenvalue weighted by molar-refractivity contribution is 0.584. The standard InChI is InChI=1S/C25H25NO4S2/c1-4-22-23-7-5-6-8-24(23)26(32(29,30)21-15-11-19(3)12-16-21)25(22)17-31(27,28)20-13-9-18(2)10-14-20/h4-16,25H,17H2,1-3H3/b22-4-. The summed E-state index contributed by atoms with van der Waals surface area (Å²) in [6.07, 6.45) is 1.80. The lowest BCUT2D eigenvalue weighted by Gasteiger charge is -2.27. The Morgan fingerprint density at radius 2 is 1.31 bits per heavy atom. The van der Waals surface area contributed by atoms with Gasteiger partial charge in [-0.15, -0.1) is 0 Å². The minimum atomic E-state index is -3.99. The second-order valence-corrected chi connectivity index (χ2v) is 11.8. The monoisotopic (exact) mass is 467 g/mol. The highest BCUT2D eigenvalue weighted by Gasteiger charge is 2.43. The number of para-hydroxylation sites is 1. The van der Waals surface area contributed by atoms with Crippen LogP contribution >= 0.6 is 0 Å². The molecule has 32 heavy (non-hydrogen) atoms. The van der Waals surface area contributed by atoms with Crippen molar-refractivity contribution in [3.8, 4) is 0 Å². The highest BCUT2D eigenvalue weighted by atomic mass is 32.2. The zero-order valence-electron chi connectivity index (χ0n) is 18.2. The van der Waals surface area contributed by atoms with Crippen molar-refractivity contribution < 1.29 is 16.8 Å². The van der Waals surface area contributed by atoms with E-state index in [9.17, 15) is 16.8 Å². The summed E-state index contributed by atoms with van der Waals surface area (Å²) < 4.78 is 55.4. The molecule has 1 atom stereocenters. The van der Waals surface area contributed by atoms with Crippen molar-refractivity contribution in [1.29, 1.82) is 0 Å². The Bertz CT molecular complexity index is 1390. The average Bonchev–Trinajstić information content (AvgIpc) is 3.07. The summed E-state index contributed by atoms with van der Waals surface area (Å²) in [7, 11) is -7.74. The predicted molar refractivity (Wildman–Crippen MR) is 128 cm³/mol. The molecule has 0 radical (unpaired) electrons. The van der Waals surface area contributed by atoms with E-state index >= 15 is 0 Å². The summed E-state index contributed by atoms with van der Waals surface area (Å²) >= 11 is 0. The Morgan fingerprint density at radius 1 is 0.781 bits per heavy atom. The van der Waals surface area contributed by atoms with E-state index < -0.39 is 25.9 Å². The van der Waals surface area contributed by atoms with Crippen LogP contribution in [-0.2, 0) is 19.9 Å². The zero-order valence-corrected chi connectivity index (χ0v) is 19.8. The van der Waals surface area contributed by atoms with Gasteiger partial charge in [0.15, 0.2) is 9.84 Å². The second-order valence-electron chi connectivity index (χ2n) is 7.99. The van der Waals surface area contributed by atoms with Crippen molar-refractivity contribution in [3.63, 3.8) is 0 Å². The van der Waals surface area contributed by atoms with Crippen LogP contribution in [0, 0.1) is 13.8 Å². The predicted octanol–water partition coefficient (Wildman–Crippen LogP) is 4.76. The first-order valence-electron chi connectivity index (χ1n) is 10.3. The fourth-order valence-electron chi connectivity index (χ4n) is 4.06. The number of hydrogen-bond acceptors (Lipinski definition) is 4. The van der Waals surface area contributed by atoms with Crippen molar-refractivity contribution >= 4 is 31.1 Å². The summed E-state index contributed by atoms with van der Waals surface area (Å²) in [6, 6.07) is 19.5. The maximum absolute atomic E-state index is 13.8. The normalized spacial score (nSPS) is 17.5. The van der Waals surface area contributed by atoms with Crippen LogP contribution < -0.4 is 4.31 Å². The van der Waals surface area contributed by atoms with Gasteiger partial charge in [0, 0.05) is 5.56 Å². The van der Waals surface area contributed by atoms with Gasteiger partial charge in [0.1, 0.15) is 0 Å². The Hall–Kier alpha value is -2.90. The number of aryl methyl sites for hydroxylation is 2. The van der Waals surface area contributed by atoms with Gasteiger partial charge in [0.25, 0.3) is 10.0 Å². The Kier molecular flexibility index (Phi) is 5.73. The number of sulfone groups is 1. The first-order valence-corrected chi connectivity index (χ1v) is 13.4. The number of benzene rings is 3. The van der Waals surface area contributed by atoms with Crippen LogP contribution in [-0.4, -0.2) is 28.6 Å². The zero-order chi connectivity index (χ0) is 23.1. The van der Waals surface area contributed by atoms with Gasteiger partial charge < -0.3 is 0 Å². The minimum Gasteiger partial charge on any atom is -0.257 e. The van der Waals surface area contributed by atoms with E-state index in [1.807, 2.05) is 26.0 Å². The quantitative estimate of drug-likeness (QED) is 0.542. The molecule has 1 unspecified atom stereocenters. The van der Waals surface area contributed by atoms with Crippen LogP contribution in [0.1, 0.15) is 23.6 Å². The van der Waals surface area contributed by atoms with Gasteiger partial charge in [-0.25, -0.2) is 16.8 Å². The third-order valence-corrected chi connectivity index (χ3v) is 9.32. The molecule has 1 aliphatic heterocycles. The van der Waals surface area contributed by atoms with E-state index in [-0.39, 0.29) is 15.5 Å². The largest absolute Gasteiger partial charge is 0.264 e. The maximum Gasteiger partial charge on any atom is 0.264 e. The molecular formula is C25H25NO4S2. The lowest BCUT2D eigenvalue weighted by Crippen LogP contribution is -2.41. The molecule has 166 valence electrons. The van der Waals surface area contributed by atoms with Crippen LogP contribution in [0.25, 0.3) is 5.57 Å². The van der Waals surface area contributed by atoms with Crippen molar-refractivity contribution in [3.05, 3.63) is 95.6 Å². The molecule has 5 nitrogen and oxygen atoms in total. The molecule has 1 aliphatic rings. The highest BCUT2D eigenvalue weighted by molar-refractivity contribution is 7.93. The van der Waals surface area contributed by atoms with E-state index in [0.29, 0.717) is 11.3 Å². The molecule has 1 heterocycles. The molecule has 0 aromatic heterocycles. The number of nitrogens with zero attached hydrogens (tertiary/aromatic N) is 1. The molecule has 0 N–H and O–H groups in total. The first kappa shape index (κ1) is 22.3. The molecule has 0 spiro atoms. The summed E-state index contributed by atoms with van der Waals surface area (Å²) in [5.74, 6) is -0.352. The van der Waals surface area contributed by atoms with Crippen molar-refractivity contribution in [2.45, 2.75) is 36.6 Å². The fourth-order valence-corrected chi connectivity index (χ4v) is 7.29. The third kappa shape index (κ3) is 3.87. The summed E-state index contributed by atoms with van der Waals surface area (Å²) in [5, 5.41) is 0. The SMILES string of the molecule is C/C=C1/c2ccccc2N(S(=O)(=O)c2ccc(C)cc2)C1CS(=O)(=O)c1ccc(C)cc1. The smallest absolute Gasteiger partial charge is 0.257 e.